The van der Waals surface area contributed by atoms with E-state index in [1.807, 2.05) is 30.3 Å². The third kappa shape index (κ3) is 2.71. The molecule has 3 amide bonds. The van der Waals surface area contributed by atoms with Crippen LogP contribution in [0.25, 0.3) is 0 Å². The molecule has 1 unspecified atom stereocenters. The van der Waals surface area contributed by atoms with Crippen molar-refractivity contribution in [1.29, 1.82) is 0 Å². The molecule has 1 fully saturated rings. The topological polar surface area (TPSA) is 57.7 Å². The lowest BCUT2D eigenvalue weighted by molar-refractivity contribution is -0.129. The highest BCUT2D eigenvalue weighted by molar-refractivity contribution is 6.21. The van der Waals surface area contributed by atoms with Gasteiger partial charge >= 0.3 is 0 Å². The Labute approximate surface area is 145 Å². The zero-order valence-corrected chi connectivity index (χ0v) is 13.7. The summed E-state index contributed by atoms with van der Waals surface area (Å²) in [6.45, 7) is 0.987. The molecular formula is C20H18N2O3. The van der Waals surface area contributed by atoms with Crippen LogP contribution < -0.4 is 0 Å². The standard InChI is InChI=1S/C20H18N2O3/c23-18(12-14-6-2-1-3-7-14)21-11-10-15(13-21)22-19(24)16-8-4-5-9-17(16)20(22)25/h1-9,15H,10-13H2. The first kappa shape index (κ1) is 15.6. The molecule has 4 rings (SSSR count). The molecule has 0 spiro atoms. The summed E-state index contributed by atoms with van der Waals surface area (Å²) in [6.07, 6.45) is 0.974. The predicted molar refractivity (Wildman–Crippen MR) is 92.1 cm³/mol. The van der Waals surface area contributed by atoms with Crippen LogP contribution in [0.5, 0.6) is 0 Å². The summed E-state index contributed by atoms with van der Waals surface area (Å²) in [5.74, 6) is -0.462. The van der Waals surface area contributed by atoms with Crippen molar-refractivity contribution in [1.82, 2.24) is 9.80 Å². The van der Waals surface area contributed by atoms with Crippen molar-refractivity contribution in [2.75, 3.05) is 13.1 Å². The van der Waals surface area contributed by atoms with E-state index in [4.69, 9.17) is 0 Å². The summed E-state index contributed by atoms with van der Waals surface area (Å²) in [5, 5.41) is 0. The molecule has 126 valence electrons. The number of benzene rings is 2. The fraction of sp³-hybridized carbons (Fsp3) is 0.250. The number of carbonyl (C=O) groups excluding carboxylic acids is 3. The number of amides is 3. The van der Waals surface area contributed by atoms with Gasteiger partial charge in [0.25, 0.3) is 11.8 Å². The Kier molecular flexibility index (Phi) is 3.84. The lowest BCUT2D eigenvalue weighted by Gasteiger charge is -2.22. The largest absolute Gasteiger partial charge is 0.340 e. The molecule has 0 radical (unpaired) electrons. The van der Waals surface area contributed by atoms with Crippen molar-refractivity contribution in [2.45, 2.75) is 18.9 Å². The van der Waals surface area contributed by atoms with Crippen LogP contribution in [0.2, 0.25) is 0 Å². The fourth-order valence-corrected chi connectivity index (χ4v) is 3.60. The van der Waals surface area contributed by atoms with Gasteiger partial charge in [0.15, 0.2) is 0 Å². The van der Waals surface area contributed by atoms with E-state index in [9.17, 15) is 14.4 Å². The molecule has 2 aliphatic heterocycles. The number of fused-ring (bicyclic) bond motifs is 1. The van der Waals surface area contributed by atoms with E-state index in [0.717, 1.165) is 5.56 Å². The first-order valence-electron chi connectivity index (χ1n) is 8.44. The summed E-state index contributed by atoms with van der Waals surface area (Å²) in [5.41, 5.74) is 1.89. The number of rotatable bonds is 3. The molecular weight excluding hydrogens is 316 g/mol. The van der Waals surface area contributed by atoms with Crippen molar-refractivity contribution in [3.05, 3.63) is 71.3 Å². The normalized spacial score (nSPS) is 19.4. The van der Waals surface area contributed by atoms with Crippen LogP contribution in [0, 0.1) is 0 Å². The molecule has 0 N–H and O–H groups in total. The molecule has 0 aliphatic carbocycles. The smallest absolute Gasteiger partial charge is 0.261 e. The minimum Gasteiger partial charge on any atom is -0.340 e. The maximum absolute atomic E-state index is 12.6. The Hall–Kier alpha value is -2.95. The van der Waals surface area contributed by atoms with Gasteiger partial charge in [-0.25, -0.2) is 0 Å². The highest BCUT2D eigenvalue weighted by Crippen LogP contribution is 2.28. The Morgan fingerprint density at radius 3 is 2.16 bits per heavy atom. The molecule has 1 saturated heterocycles. The maximum Gasteiger partial charge on any atom is 0.261 e. The Morgan fingerprint density at radius 2 is 1.52 bits per heavy atom. The van der Waals surface area contributed by atoms with Gasteiger partial charge in [0.1, 0.15) is 0 Å². The number of carbonyl (C=O) groups is 3. The van der Waals surface area contributed by atoms with Crippen LogP contribution in [0.15, 0.2) is 54.6 Å². The zero-order chi connectivity index (χ0) is 17.4. The molecule has 2 aromatic rings. The highest BCUT2D eigenvalue weighted by atomic mass is 16.2. The summed E-state index contributed by atoms with van der Waals surface area (Å²) < 4.78 is 0. The molecule has 1 atom stereocenters. The fourth-order valence-electron chi connectivity index (χ4n) is 3.60. The molecule has 5 nitrogen and oxygen atoms in total. The van der Waals surface area contributed by atoms with Gasteiger partial charge in [-0.2, -0.15) is 0 Å². The van der Waals surface area contributed by atoms with E-state index in [1.165, 1.54) is 4.90 Å². The number of hydrogen-bond acceptors (Lipinski definition) is 3. The Morgan fingerprint density at radius 1 is 0.920 bits per heavy atom. The van der Waals surface area contributed by atoms with Crippen molar-refractivity contribution in [3.8, 4) is 0 Å². The van der Waals surface area contributed by atoms with Crippen LogP contribution in [0.1, 0.15) is 32.7 Å². The molecule has 0 aromatic heterocycles. The van der Waals surface area contributed by atoms with Crippen LogP contribution in [0.3, 0.4) is 0 Å². The van der Waals surface area contributed by atoms with Crippen LogP contribution in [-0.2, 0) is 11.2 Å². The van der Waals surface area contributed by atoms with Gasteiger partial charge in [0.05, 0.1) is 23.6 Å². The molecule has 0 bridgehead atoms. The molecule has 2 aromatic carbocycles. The minimum absolute atomic E-state index is 0.0327. The second kappa shape index (κ2) is 6.16. The van der Waals surface area contributed by atoms with Gasteiger partial charge in [0.2, 0.25) is 5.91 Å². The quantitative estimate of drug-likeness (QED) is 0.808. The first-order chi connectivity index (χ1) is 12.1. The lowest BCUT2D eigenvalue weighted by Crippen LogP contribution is -2.42. The molecule has 2 aliphatic rings. The van der Waals surface area contributed by atoms with Crippen LogP contribution in [0.4, 0.5) is 0 Å². The number of imide groups is 1. The highest BCUT2D eigenvalue weighted by Gasteiger charge is 2.42. The van der Waals surface area contributed by atoms with E-state index < -0.39 is 0 Å². The van der Waals surface area contributed by atoms with E-state index in [1.54, 1.807) is 29.2 Å². The Balaban J connectivity index is 1.46. The average molecular weight is 334 g/mol. The second-order valence-corrected chi connectivity index (χ2v) is 6.47. The van der Waals surface area contributed by atoms with Crippen LogP contribution >= 0.6 is 0 Å². The van der Waals surface area contributed by atoms with E-state index in [-0.39, 0.29) is 23.8 Å². The van der Waals surface area contributed by atoms with Crippen molar-refractivity contribution in [3.63, 3.8) is 0 Å². The first-order valence-corrected chi connectivity index (χ1v) is 8.44. The summed E-state index contributed by atoms with van der Waals surface area (Å²) in [4.78, 5) is 40.7. The van der Waals surface area contributed by atoms with Gasteiger partial charge in [0, 0.05) is 13.1 Å². The maximum atomic E-state index is 12.6. The van der Waals surface area contributed by atoms with Gasteiger partial charge < -0.3 is 4.90 Å². The summed E-state index contributed by atoms with van der Waals surface area (Å²) >= 11 is 0. The second-order valence-electron chi connectivity index (χ2n) is 6.47. The third-order valence-electron chi connectivity index (χ3n) is 4.90. The molecule has 2 heterocycles. The predicted octanol–water partition coefficient (Wildman–Crippen LogP) is 2.13. The lowest BCUT2D eigenvalue weighted by atomic mass is 10.1. The molecule has 25 heavy (non-hydrogen) atoms. The van der Waals surface area contributed by atoms with Crippen molar-refractivity contribution in [2.24, 2.45) is 0 Å². The van der Waals surface area contributed by atoms with Gasteiger partial charge in [-0.05, 0) is 24.1 Å². The van der Waals surface area contributed by atoms with Gasteiger partial charge in [-0.15, -0.1) is 0 Å². The van der Waals surface area contributed by atoms with Crippen molar-refractivity contribution < 1.29 is 14.4 Å². The van der Waals surface area contributed by atoms with Crippen molar-refractivity contribution >= 4 is 17.7 Å². The summed E-state index contributed by atoms with van der Waals surface area (Å²) in [7, 11) is 0. The average Bonchev–Trinajstić information content (AvgIpc) is 3.20. The third-order valence-corrected chi connectivity index (χ3v) is 4.90. The molecule has 0 saturated carbocycles. The monoisotopic (exact) mass is 334 g/mol. The minimum atomic E-state index is -0.247. The summed E-state index contributed by atoms with van der Waals surface area (Å²) in [6, 6.07) is 16.2. The van der Waals surface area contributed by atoms with E-state index in [0.29, 0.717) is 37.1 Å². The van der Waals surface area contributed by atoms with Gasteiger partial charge in [-0.1, -0.05) is 42.5 Å². The number of nitrogens with zero attached hydrogens (tertiary/aromatic N) is 2. The number of likely N-dealkylation sites (tertiary alicyclic amines) is 1. The zero-order valence-electron chi connectivity index (χ0n) is 13.7. The number of hydrogen-bond donors (Lipinski definition) is 0. The van der Waals surface area contributed by atoms with E-state index >= 15 is 0 Å². The Bertz CT molecular complexity index is 812. The molecule has 5 heteroatoms. The van der Waals surface area contributed by atoms with Crippen LogP contribution in [-0.4, -0.2) is 46.7 Å². The van der Waals surface area contributed by atoms with E-state index in [2.05, 4.69) is 0 Å². The van der Waals surface area contributed by atoms with Gasteiger partial charge in [-0.3, -0.25) is 19.3 Å². The SMILES string of the molecule is O=C(Cc1ccccc1)N1CCC(N2C(=O)c3ccccc3C2=O)C1.